The van der Waals surface area contributed by atoms with Gasteiger partial charge in [0.15, 0.2) is 0 Å². The van der Waals surface area contributed by atoms with Gasteiger partial charge in [0.2, 0.25) is 5.91 Å². The molecule has 0 radical (unpaired) electrons. The zero-order valence-corrected chi connectivity index (χ0v) is 12.4. The molecule has 3 rings (SSSR count). The number of aromatic nitrogens is 2. The number of benzene rings is 1. The van der Waals surface area contributed by atoms with Gasteiger partial charge in [-0.3, -0.25) is 4.79 Å². The lowest BCUT2D eigenvalue weighted by Gasteiger charge is -2.28. The average Bonchev–Trinajstić information content (AvgIpc) is 2.88. The molecule has 1 amide bonds. The number of amides is 1. The molecule has 0 bridgehead atoms. The lowest BCUT2D eigenvalue weighted by atomic mass is 10.0. The van der Waals surface area contributed by atoms with Gasteiger partial charge >= 0.3 is 0 Å². The topological polar surface area (TPSA) is 59.0 Å². The first kappa shape index (κ1) is 14.1. The number of carbonyl (C=O) groups is 1. The third kappa shape index (κ3) is 3.42. The van der Waals surface area contributed by atoms with Crippen molar-refractivity contribution in [2.24, 2.45) is 0 Å². The predicted octanol–water partition coefficient (Wildman–Crippen LogP) is 1.68. The van der Waals surface area contributed by atoms with Crippen molar-refractivity contribution in [2.75, 3.05) is 6.54 Å². The van der Waals surface area contributed by atoms with E-state index in [2.05, 4.69) is 22.5 Å². The molecule has 1 aliphatic rings. The Balaban J connectivity index is 1.54. The average molecular weight is 286 g/mol. The number of aryl methyl sites for hydroxylation is 1. The Kier molecular flexibility index (Phi) is 4.20. The standard InChI is InChI=1S/C16H22N4O/c1-12-10-13(6-8-17-12)19-16(21)7-9-20-11-18-14-4-2-3-5-15(14)20/h2-5,11-13,17H,6-10H2,1H3,(H,19,21). The molecule has 21 heavy (non-hydrogen) atoms. The van der Waals surface area contributed by atoms with Crippen LogP contribution in [0.2, 0.25) is 0 Å². The van der Waals surface area contributed by atoms with Crippen molar-refractivity contribution < 1.29 is 4.79 Å². The van der Waals surface area contributed by atoms with E-state index >= 15 is 0 Å². The number of carbonyl (C=O) groups excluding carboxylic acids is 1. The zero-order chi connectivity index (χ0) is 14.7. The Morgan fingerprint density at radius 3 is 3.19 bits per heavy atom. The van der Waals surface area contributed by atoms with Gasteiger partial charge in [-0.05, 0) is 38.4 Å². The van der Waals surface area contributed by atoms with Gasteiger partial charge in [-0.1, -0.05) is 12.1 Å². The van der Waals surface area contributed by atoms with Crippen molar-refractivity contribution in [1.29, 1.82) is 0 Å². The molecule has 0 spiro atoms. The zero-order valence-electron chi connectivity index (χ0n) is 12.4. The third-order valence-corrected chi connectivity index (χ3v) is 4.10. The van der Waals surface area contributed by atoms with E-state index in [-0.39, 0.29) is 5.91 Å². The molecule has 1 fully saturated rings. The molecule has 2 heterocycles. The molecular formula is C16H22N4O. The largest absolute Gasteiger partial charge is 0.353 e. The number of imidazole rings is 1. The van der Waals surface area contributed by atoms with Gasteiger partial charge in [-0.2, -0.15) is 0 Å². The van der Waals surface area contributed by atoms with E-state index in [1.165, 1.54) is 0 Å². The minimum absolute atomic E-state index is 0.131. The second-order valence-corrected chi connectivity index (χ2v) is 5.82. The van der Waals surface area contributed by atoms with Crippen LogP contribution in [0, 0.1) is 0 Å². The van der Waals surface area contributed by atoms with Crippen molar-refractivity contribution >= 4 is 16.9 Å². The van der Waals surface area contributed by atoms with Crippen molar-refractivity contribution in [2.45, 2.75) is 44.8 Å². The molecule has 112 valence electrons. The molecule has 2 aromatic rings. The number of nitrogens with one attached hydrogen (secondary N) is 2. The summed E-state index contributed by atoms with van der Waals surface area (Å²) in [6.07, 6.45) is 4.34. The molecule has 2 atom stereocenters. The van der Waals surface area contributed by atoms with Crippen molar-refractivity contribution in [3.05, 3.63) is 30.6 Å². The summed E-state index contributed by atoms with van der Waals surface area (Å²) >= 11 is 0. The normalized spacial score (nSPS) is 22.3. The van der Waals surface area contributed by atoms with Gasteiger partial charge in [0.1, 0.15) is 0 Å². The summed E-state index contributed by atoms with van der Waals surface area (Å²) < 4.78 is 2.04. The maximum atomic E-state index is 12.1. The van der Waals surface area contributed by atoms with E-state index in [4.69, 9.17) is 0 Å². The molecule has 0 aliphatic carbocycles. The van der Waals surface area contributed by atoms with Crippen LogP contribution in [-0.4, -0.2) is 34.1 Å². The van der Waals surface area contributed by atoms with Gasteiger partial charge in [0.25, 0.3) is 0 Å². The summed E-state index contributed by atoms with van der Waals surface area (Å²) in [5, 5.41) is 6.54. The quantitative estimate of drug-likeness (QED) is 0.899. The number of fused-ring (bicyclic) bond motifs is 1. The Morgan fingerprint density at radius 2 is 2.33 bits per heavy atom. The van der Waals surface area contributed by atoms with Gasteiger partial charge in [0.05, 0.1) is 17.4 Å². The Hall–Kier alpha value is -1.88. The number of hydrogen-bond acceptors (Lipinski definition) is 3. The first-order valence-electron chi connectivity index (χ1n) is 7.65. The minimum Gasteiger partial charge on any atom is -0.353 e. The molecular weight excluding hydrogens is 264 g/mol. The highest BCUT2D eigenvalue weighted by Gasteiger charge is 2.19. The first-order chi connectivity index (χ1) is 10.2. The molecule has 5 heteroatoms. The van der Waals surface area contributed by atoms with Crippen molar-refractivity contribution in [3.8, 4) is 0 Å². The van der Waals surface area contributed by atoms with Gasteiger partial charge in [-0.25, -0.2) is 4.98 Å². The summed E-state index contributed by atoms with van der Waals surface area (Å²) in [5.74, 6) is 0.131. The second kappa shape index (κ2) is 6.26. The van der Waals surface area contributed by atoms with E-state index in [0.717, 1.165) is 30.4 Å². The van der Waals surface area contributed by atoms with Crippen LogP contribution in [0.5, 0.6) is 0 Å². The van der Waals surface area contributed by atoms with Crippen molar-refractivity contribution in [3.63, 3.8) is 0 Å². The van der Waals surface area contributed by atoms with E-state index in [9.17, 15) is 4.79 Å². The lowest BCUT2D eigenvalue weighted by molar-refractivity contribution is -0.122. The summed E-state index contributed by atoms with van der Waals surface area (Å²) in [5.41, 5.74) is 2.06. The van der Waals surface area contributed by atoms with Crippen LogP contribution in [0.1, 0.15) is 26.2 Å². The summed E-state index contributed by atoms with van der Waals surface area (Å²) in [4.78, 5) is 16.4. The molecule has 1 aromatic carbocycles. The number of nitrogens with zero attached hydrogens (tertiary/aromatic N) is 2. The predicted molar refractivity (Wildman–Crippen MR) is 83.0 cm³/mol. The molecule has 1 aliphatic heterocycles. The summed E-state index contributed by atoms with van der Waals surface area (Å²) in [6.45, 7) is 3.82. The molecule has 0 saturated carbocycles. The molecule has 1 saturated heterocycles. The third-order valence-electron chi connectivity index (χ3n) is 4.10. The highest BCUT2D eigenvalue weighted by Crippen LogP contribution is 2.12. The first-order valence-corrected chi connectivity index (χ1v) is 7.65. The van der Waals surface area contributed by atoms with E-state index < -0.39 is 0 Å². The van der Waals surface area contributed by atoms with Crippen LogP contribution in [0.4, 0.5) is 0 Å². The molecule has 2 unspecified atom stereocenters. The van der Waals surface area contributed by atoms with E-state index in [1.807, 2.05) is 35.2 Å². The Labute approximate surface area is 124 Å². The number of piperidine rings is 1. The summed E-state index contributed by atoms with van der Waals surface area (Å²) in [6, 6.07) is 8.80. The van der Waals surface area contributed by atoms with Gasteiger partial charge in [0, 0.05) is 25.0 Å². The van der Waals surface area contributed by atoms with Crippen LogP contribution < -0.4 is 10.6 Å². The van der Waals surface area contributed by atoms with Crippen LogP contribution in [0.25, 0.3) is 11.0 Å². The Morgan fingerprint density at radius 1 is 1.48 bits per heavy atom. The monoisotopic (exact) mass is 286 g/mol. The molecule has 5 nitrogen and oxygen atoms in total. The van der Waals surface area contributed by atoms with E-state index in [0.29, 0.717) is 25.0 Å². The second-order valence-electron chi connectivity index (χ2n) is 5.82. The Bertz CT molecular complexity index is 622. The fraction of sp³-hybridized carbons (Fsp3) is 0.500. The van der Waals surface area contributed by atoms with Gasteiger partial charge in [-0.15, -0.1) is 0 Å². The smallest absolute Gasteiger partial charge is 0.222 e. The van der Waals surface area contributed by atoms with Crippen molar-refractivity contribution in [1.82, 2.24) is 20.2 Å². The maximum Gasteiger partial charge on any atom is 0.222 e. The van der Waals surface area contributed by atoms with Crippen LogP contribution in [0.15, 0.2) is 30.6 Å². The van der Waals surface area contributed by atoms with Gasteiger partial charge < -0.3 is 15.2 Å². The fourth-order valence-electron chi connectivity index (χ4n) is 2.97. The number of para-hydroxylation sites is 2. The van der Waals surface area contributed by atoms with Crippen LogP contribution in [-0.2, 0) is 11.3 Å². The van der Waals surface area contributed by atoms with Crippen LogP contribution >= 0.6 is 0 Å². The van der Waals surface area contributed by atoms with E-state index in [1.54, 1.807) is 0 Å². The lowest BCUT2D eigenvalue weighted by Crippen LogP contribution is -2.46. The molecule has 2 N–H and O–H groups in total. The fourth-order valence-corrected chi connectivity index (χ4v) is 2.97. The number of rotatable bonds is 4. The van der Waals surface area contributed by atoms with Crippen LogP contribution in [0.3, 0.4) is 0 Å². The SMILES string of the molecule is CC1CC(NC(=O)CCn2cnc3ccccc32)CCN1. The maximum absolute atomic E-state index is 12.1. The minimum atomic E-state index is 0.131. The highest BCUT2D eigenvalue weighted by molar-refractivity contribution is 5.77. The summed E-state index contributed by atoms with van der Waals surface area (Å²) in [7, 11) is 0. The molecule has 1 aromatic heterocycles. The number of hydrogen-bond donors (Lipinski definition) is 2. The highest BCUT2D eigenvalue weighted by atomic mass is 16.1.